The van der Waals surface area contributed by atoms with Crippen LogP contribution < -0.4 is 5.32 Å². The molecule has 2 heterocycles. The van der Waals surface area contributed by atoms with Crippen LogP contribution in [-0.4, -0.2) is 33.3 Å². The predicted molar refractivity (Wildman–Crippen MR) is 119 cm³/mol. The van der Waals surface area contributed by atoms with Crippen LogP contribution in [0.4, 0.5) is 18.9 Å². The van der Waals surface area contributed by atoms with E-state index >= 15 is 0 Å². The van der Waals surface area contributed by atoms with Crippen LogP contribution in [0.5, 0.6) is 0 Å². The molecular formula is C23H24F3N5O. The summed E-state index contributed by atoms with van der Waals surface area (Å²) in [6.45, 7) is 3.93. The number of carbonyl (C=O) groups excluding carboxylic acids is 1. The highest BCUT2D eigenvalue weighted by Gasteiger charge is 2.20. The zero-order valence-corrected chi connectivity index (χ0v) is 17.9. The lowest BCUT2D eigenvalue weighted by molar-refractivity contribution is 0.101. The maximum atomic E-state index is 13.6. The Morgan fingerprint density at radius 1 is 1.09 bits per heavy atom. The van der Waals surface area contributed by atoms with Gasteiger partial charge in [-0.1, -0.05) is 42.0 Å². The first kappa shape index (κ1) is 24.4. The molecule has 0 radical (unpaired) electrons. The van der Waals surface area contributed by atoms with E-state index in [2.05, 4.69) is 62.8 Å². The van der Waals surface area contributed by atoms with Crippen molar-refractivity contribution >= 4 is 11.6 Å². The van der Waals surface area contributed by atoms with Crippen molar-refractivity contribution in [2.45, 2.75) is 20.3 Å². The van der Waals surface area contributed by atoms with Gasteiger partial charge >= 0.3 is 0 Å². The fourth-order valence-corrected chi connectivity index (χ4v) is 2.69. The molecule has 0 aliphatic heterocycles. The Balaban J connectivity index is 0.000000304. The maximum absolute atomic E-state index is 13.6. The van der Waals surface area contributed by atoms with Crippen molar-refractivity contribution in [3.8, 4) is 11.5 Å². The van der Waals surface area contributed by atoms with Crippen LogP contribution in [0.3, 0.4) is 0 Å². The van der Waals surface area contributed by atoms with Crippen molar-refractivity contribution in [1.82, 2.24) is 20.2 Å². The third kappa shape index (κ3) is 6.56. The smallest absolute Gasteiger partial charge is 0.261 e. The van der Waals surface area contributed by atoms with Gasteiger partial charge in [-0.25, -0.2) is 13.8 Å². The van der Waals surface area contributed by atoms with Crippen LogP contribution >= 0.6 is 0 Å². The molecule has 0 bridgehead atoms. The minimum Gasteiger partial charge on any atom is -0.341 e. The third-order valence-corrected chi connectivity index (χ3v) is 4.20. The van der Waals surface area contributed by atoms with Crippen molar-refractivity contribution < 1.29 is 18.0 Å². The number of halogens is 3. The zero-order valence-electron chi connectivity index (χ0n) is 17.9. The second-order valence-corrected chi connectivity index (χ2v) is 6.60. The second kappa shape index (κ2) is 12.1. The molecule has 9 heteroatoms. The van der Waals surface area contributed by atoms with E-state index in [9.17, 15) is 18.0 Å². The molecule has 2 aromatic heterocycles. The first-order valence-corrected chi connectivity index (χ1v) is 9.64. The molecule has 0 atom stereocenters. The molecule has 32 heavy (non-hydrogen) atoms. The SMILES string of the molecule is CC1=CCC=CC=C1.CF.Cc1cnc(-c2[nH]ncc2NC(=O)c2c(F)cccc2F)[nH]1. The highest BCUT2D eigenvalue weighted by Crippen LogP contribution is 2.24. The summed E-state index contributed by atoms with van der Waals surface area (Å²) in [7, 11) is 0.500. The van der Waals surface area contributed by atoms with E-state index in [0.29, 0.717) is 18.7 Å². The fraction of sp³-hybridized carbons (Fsp3) is 0.174. The van der Waals surface area contributed by atoms with Gasteiger partial charge in [-0.05, 0) is 32.4 Å². The molecule has 0 fully saturated rings. The molecule has 0 saturated carbocycles. The van der Waals surface area contributed by atoms with E-state index in [1.807, 2.05) is 6.92 Å². The molecule has 0 saturated heterocycles. The van der Waals surface area contributed by atoms with Gasteiger partial charge in [0.2, 0.25) is 0 Å². The van der Waals surface area contributed by atoms with Crippen LogP contribution in [0, 0.1) is 18.6 Å². The summed E-state index contributed by atoms with van der Waals surface area (Å²) in [6.07, 6.45) is 14.6. The summed E-state index contributed by atoms with van der Waals surface area (Å²) >= 11 is 0. The predicted octanol–water partition coefficient (Wildman–Crippen LogP) is 5.67. The molecule has 1 amide bonds. The van der Waals surface area contributed by atoms with E-state index in [1.165, 1.54) is 17.8 Å². The largest absolute Gasteiger partial charge is 0.341 e. The number of aryl methyl sites for hydroxylation is 1. The summed E-state index contributed by atoms with van der Waals surface area (Å²) in [5.41, 5.74) is 2.21. The Bertz CT molecular complexity index is 1110. The lowest BCUT2D eigenvalue weighted by atomic mass is 10.2. The zero-order chi connectivity index (χ0) is 23.5. The van der Waals surface area contributed by atoms with Crippen molar-refractivity contribution in [3.63, 3.8) is 0 Å². The van der Waals surface area contributed by atoms with E-state index in [4.69, 9.17) is 0 Å². The van der Waals surface area contributed by atoms with E-state index in [1.54, 1.807) is 6.20 Å². The van der Waals surface area contributed by atoms with Crippen LogP contribution in [0.15, 0.2) is 66.5 Å². The number of aromatic amines is 2. The lowest BCUT2D eigenvalue weighted by Gasteiger charge is -2.06. The van der Waals surface area contributed by atoms with Gasteiger partial charge < -0.3 is 10.3 Å². The Morgan fingerprint density at radius 3 is 2.47 bits per heavy atom. The number of benzene rings is 1. The highest BCUT2D eigenvalue weighted by molar-refractivity contribution is 6.06. The van der Waals surface area contributed by atoms with Crippen LogP contribution in [0.25, 0.3) is 11.5 Å². The number of hydrogen-bond donors (Lipinski definition) is 3. The second-order valence-electron chi connectivity index (χ2n) is 6.60. The van der Waals surface area contributed by atoms with Gasteiger partial charge in [-0.15, -0.1) is 0 Å². The number of rotatable bonds is 3. The fourth-order valence-electron chi connectivity index (χ4n) is 2.69. The lowest BCUT2D eigenvalue weighted by Crippen LogP contribution is -2.16. The van der Waals surface area contributed by atoms with Crippen LogP contribution in [0.1, 0.15) is 29.4 Å². The quantitative estimate of drug-likeness (QED) is 0.487. The topological polar surface area (TPSA) is 86.5 Å². The summed E-state index contributed by atoms with van der Waals surface area (Å²) in [6, 6.07) is 3.23. The van der Waals surface area contributed by atoms with Crippen LogP contribution in [0.2, 0.25) is 0 Å². The molecule has 6 nitrogen and oxygen atoms in total. The summed E-state index contributed by atoms with van der Waals surface area (Å²) in [5, 5.41) is 8.91. The van der Waals surface area contributed by atoms with Gasteiger partial charge in [0.25, 0.3) is 5.91 Å². The normalized spacial score (nSPS) is 12.0. The van der Waals surface area contributed by atoms with E-state index in [0.717, 1.165) is 24.2 Å². The minimum absolute atomic E-state index is 0.266. The van der Waals surface area contributed by atoms with Crippen LogP contribution in [-0.2, 0) is 0 Å². The highest BCUT2D eigenvalue weighted by atomic mass is 19.1. The first-order chi connectivity index (χ1) is 15.5. The number of amides is 1. The average Bonchev–Trinajstić information content (AvgIpc) is 3.33. The Morgan fingerprint density at radius 2 is 1.81 bits per heavy atom. The maximum Gasteiger partial charge on any atom is 0.261 e. The van der Waals surface area contributed by atoms with Gasteiger partial charge in [-0.2, -0.15) is 5.10 Å². The third-order valence-electron chi connectivity index (χ3n) is 4.20. The van der Waals surface area contributed by atoms with Gasteiger partial charge in [0.15, 0.2) is 5.82 Å². The summed E-state index contributed by atoms with van der Waals surface area (Å²) < 4.78 is 36.7. The monoisotopic (exact) mass is 443 g/mol. The van der Waals surface area contributed by atoms with Crippen molar-refractivity contribution in [3.05, 3.63) is 89.4 Å². The number of imidazole rings is 1. The number of allylic oxidation sites excluding steroid dienone is 6. The number of hydrogen-bond acceptors (Lipinski definition) is 3. The molecule has 3 aromatic rings. The molecule has 1 aliphatic rings. The van der Waals surface area contributed by atoms with Crippen molar-refractivity contribution in [1.29, 1.82) is 0 Å². The Hall–Kier alpha value is -3.88. The minimum atomic E-state index is -0.934. The van der Waals surface area contributed by atoms with E-state index in [-0.39, 0.29) is 5.69 Å². The molecule has 1 aliphatic carbocycles. The number of nitrogens with one attached hydrogen (secondary N) is 3. The molecule has 3 N–H and O–H groups in total. The van der Waals surface area contributed by atoms with Gasteiger partial charge in [0, 0.05) is 11.9 Å². The molecular weight excluding hydrogens is 419 g/mol. The molecule has 0 spiro atoms. The number of alkyl halides is 1. The number of anilines is 1. The number of H-pyrrole nitrogens is 2. The first-order valence-electron chi connectivity index (χ1n) is 9.64. The van der Waals surface area contributed by atoms with Gasteiger partial charge in [0.1, 0.15) is 22.9 Å². The molecule has 1 aromatic carbocycles. The Labute approximate surface area is 184 Å². The summed E-state index contributed by atoms with van der Waals surface area (Å²) in [4.78, 5) is 19.2. The van der Waals surface area contributed by atoms with Crippen molar-refractivity contribution in [2.24, 2.45) is 0 Å². The summed E-state index contributed by atoms with van der Waals surface area (Å²) in [5.74, 6) is -2.31. The van der Waals surface area contributed by atoms with Crippen molar-refractivity contribution in [2.75, 3.05) is 12.5 Å². The van der Waals surface area contributed by atoms with E-state index < -0.39 is 23.1 Å². The molecule has 168 valence electrons. The molecule has 4 rings (SSSR count). The molecule has 0 unspecified atom stereocenters. The average molecular weight is 443 g/mol. The number of nitrogens with zero attached hydrogens (tertiary/aromatic N) is 2. The van der Waals surface area contributed by atoms with Gasteiger partial charge in [0.05, 0.1) is 19.1 Å². The Kier molecular flexibility index (Phi) is 9.22. The number of aromatic nitrogens is 4. The standard InChI is InChI=1S/C14H11F2N5O.C8H10.CH3F/c1-7-5-17-13(19-7)12-10(6-18-21-12)20-14(22)11-8(15)3-2-4-9(11)16;1-8-6-4-2-3-5-7-8;1-2/h2-6H,1H3,(H,17,19)(H,18,21)(H,20,22);2-4,6-7H,5H2,1H3;1H3. The number of carbonyl (C=O) groups is 1. The van der Waals surface area contributed by atoms with Gasteiger partial charge in [-0.3, -0.25) is 14.3 Å².